The molecule has 588 valence electrons. The first kappa shape index (κ1) is 83.9. The van der Waals surface area contributed by atoms with E-state index in [4.69, 9.17) is 0 Å². The summed E-state index contributed by atoms with van der Waals surface area (Å²) in [5, 5.41) is 23.7. The molecule has 0 aromatic heterocycles. The second-order valence-electron chi connectivity index (χ2n) is 30.3. The Bertz CT molecular complexity index is 7310. The van der Waals surface area contributed by atoms with Crippen molar-refractivity contribution in [3.05, 3.63) is 434 Å². The van der Waals surface area contributed by atoms with Gasteiger partial charge in [-0.05, 0) is 280 Å². The van der Waals surface area contributed by atoms with Crippen molar-refractivity contribution in [1.29, 1.82) is 0 Å². The molecule has 21 aromatic carbocycles. The van der Waals surface area contributed by atoms with E-state index < -0.39 is 0 Å². The van der Waals surface area contributed by atoms with Gasteiger partial charge in [-0.3, -0.25) is 0 Å². The minimum atomic E-state index is 0. The molecule has 24 rings (SSSR count). The molecule has 0 atom stereocenters. The first-order chi connectivity index (χ1) is 55.1. The highest BCUT2D eigenvalue weighted by Crippen LogP contribution is 2.49. The summed E-state index contributed by atoms with van der Waals surface area (Å²) in [6.07, 6.45) is 2.96. The quantitative estimate of drug-likeness (QED) is 0.146. The van der Waals surface area contributed by atoms with E-state index in [1.165, 1.54) is 230 Å². The molecule has 120 heavy (non-hydrogen) atoms. The number of hydrogen-bond acceptors (Lipinski definition) is 0. The summed E-state index contributed by atoms with van der Waals surface area (Å²) in [6, 6.07) is 147. The van der Waals surface area contributed by atoms with Crippen LogP contribution < -0.4 is 0 Å². The number of hydrogen-bond donors (Lipinski definition) is 0. The second-order valence-corrected chi connectivity index (χ2v) is 30.3. The fraction of sp³-hybridized carbons (Fsp3) is 0.100. The third-order valence-electron chi connectivity index (χ3n) is 24.3. The zero-order chi connectivity index (χ0) is 73.0. The van der Waals surface area contributed by atoms with E-state index in [1.54, 1.807) is 0 Å². The molecular weight excluding hydrogens is 1440 g/mol. The molecule has 0 saturated carbocycles. The zero-order valence-corrected chi connectivity index (χ0v) is 61.2. The minimum absolute atomic E-state index is 0. The number of fused-ring (bicyclic) bond motifs is 27. The largest absolute Gasteiger partial charge is 0.0776 e. The molecule has 0 N–H and O–H groups in total. The van der Waals surface area contributed by atoms with Crippen molar-refractivity contribution in [3.8, 4) is 100 Å². The first-order valence-corrected chi connectivity index (χ1v) is 39.0. The molecule has 3 aliphatic carbocycles. The SMILES string of the molecule is C.C.C.C.C.C.C.C.C.c1cc(-c2ccc3c4ccccc4c4ccccc4c3c2)cc(-c2cccc3c2Cc2ccccc2-3)c1.c1ccc(-c2cccc3c2Cc2c(-c4cccc(-c5ccc6c7ccccc7c7ccccc7c6c5)c4)cccc2-3)cc1.c1ccc2c(c1)Cc1c(-c3ccc4c5ccccc5c5ccccc5c4c3)cccc1-2. The molecule has 0 spiro atoms. The third-order valence-corrected chi connectivity index (χ3v) is 24.3. The summed E-state index contributed by atoms with van der Waals surface area (Å²) in [7, 11) is 0. The summed E-state index contributed by atoms with van der Waals surface area (Å²) < 4.78 is 0. The van der Waals surface area contributed by atoms with Crippen LogP contribution in [0.3, 0.4) is 0 Å². The molecule has 0 nitrogen and oxygen atoms in total. The molecule has 0 heteroatoms. The van der Waals surface area contributed by atoms with E-state index >= 15 is 0 Å². The molecule has 0 radical (unpaired) electrons. The molecule has 0 bridgehead atoms. The summed E-state index contributed by atoms with van der Waals surface area (Å²) >= 11 is 0. The van der Waals surface area contributed by atoms with Crippen LogP contribution in [0.15, 0.2) is 400 Å². The summed E-state index contributed by atoms with van der Waals surface area (Å²) in [5.41, 5.74) is 32.4. The molecular formula is C120H108. The van der Waals surface area contributed by atoms with Crippen molar-refractivity contribution in [1.82, 2.24) is 0 Å². The number of benzene rings is 21. The fourth-order valence-electron chi connectivity index (χ4n) is 19.2. The Kier molecular flexibility index (Phi) is 24.2. The van der Waals surface area contributed by atoms with Gasteiger partial charge in [0.2, 0.25) is 0 Å². The monoisotopic (exact) mass is 1550 g/mol. The summed E-state index contributed by atoms with van der Waals surface area (Å²) in [6.45, 7) is 0. The van der Waals surface area contributed by atoms with Crippen LogP contribution in [0.4, 0.5) is 0 Å². The molecule has 0 unspecified atom stereocenters. The van der Waals surface area contributed by atoms with Gasteiger partial charge < -0.3 is 0 Å². The second kappa shape index (κ2) is 34.6. The topological polar surface area (TPSA) is 0 Å². The maximum Gasteiger partial charge on any atom is -0.000112 e. The lowest BCUT2D eigenvalue weighted by Crippen LogP contribution is -1.90. The zero-order valence-electron chi connectivity index (χ0n) is 61.2. The van der Waals surface area contributed by atoms with Crippen LogP contribution in [0.25, 0.3) is 197 Å². The summed E-state index contributed by atoms with van der Waals surface area (Å²) in [4.78, 5) is 0. The maximum atomic E-state index is 2.41. The van der Waals surface area contributed by atoms with E-state index in [2.05, 4.69) is 400 Å². The number of rotatable bonds is 6. The van der Waals surface area contributed by atoms with Crippen LogP contribution in [0.2, 0.25) is 0 Å². The van der Waals surface area contributed by atoms with Gasteiger partial charge in [0.15, 0.2) is 0 Å². The Balaban J connectivity index is 0.000000152. The lowest BCUT2D eigenvalue weighted by atomic mass is 9.90. The lowest BCUT2D eigenvalue weighted by Gasteiger charge is -2.14. The highest BCUT2D eigenvalue weighted by molar-refractivity contribution is 6.28. The average molecular weight is 1550 g/mol. The van der Waals surface area contributed by atoms with Crippen molar-refractivity contribution in [2.45, 2.75) is 86.1 Å². The average Bonchev–Trinajstić information content (AvgIpc) is 1.57. The maximum absolute atomic E-state index is 2.41. The molecule has 0 amide bonds. The predicted octanol–water partition coefficient (Wildman–Crippen LogP) is 35.9. The Morgan fingerprint density at radius 2 is 0.300 bits per heavy atom. The fourth-order valence-corrected chi connectivity index (χ4v) is 19.2. The van der Waals surface area contributed by atoms with E-state index in [9.17, 15) is 0 Å². The van der Waals surface area contributed by atoms with Crippen LogP contribution in [-0.4, -0.2) is 0 Å². The van der Waals surface area contributed by atoms with E-state index in [0.29, 0.717) is 0 Å². The normalized spacial score (nSPS) is 11.3. The Labute approximate surface area is 712 Å². The minimum Gasteiger partial charge on any atom is -0.0776 e. The standard InChI is InChI=1S/C43H28.C37H24.C31H20.9CH4/c1-2-11-28(12-3-1)32-19-9-21-38-39-22-10-20-33(43(39)27-42(32)38)31-14-8-13-29(25-31)30-23-24-40-36-17-5-4-15-34(36)35-16-6-7-18-37(35)41(40)26-30;1-2-12-28-27(9-1)23-36-29(17-8-18-30(28)36)26-11-7-10-24(21-26)25-19-20-35-33-15-4-3-13-31(33)32-14-5-6-16-34(32)37(35)22-25;1-2-9-22-20(8-1)18-30-23(14-7-15-24(22)30)21-16-17-29-27-12-4-3-10-25(27)26-11-5-6-13-28(26)31(29)19-21;;;;;;;;;/h1-26H,27H2;1-22H,23H2;1-17,19H,18H2;9*1H4. The van der Waals surface area contributed by atoms with Crippen molar-refractivity contribution < 1.29 is 0 Å². The van der Waals surface area contributed by atoms with Crippen LogP contribution in [-0.2, 0) is 19.3 Å². The Morgan fingerprint density at radius 1 is 0.108 bits per heavy atom. The van der Waals surface area contributed by atoms with Crippen LogP contribution in [0.1, 0.15) is 100 Å². The smallest absolute Gasteiger partial charge is 0.000112 e. The highest BCUT2D eigenvalue weighted by atomic mass is 14.3. The molecule has 21 aromatic rings. The van der Waals surface area contributed by atoms with Gasteiger partial charge in [-0.1, -0.05) is 437 Å². The Morgan fingerprint density at radius 3 is 0.633 bits per heavy atom. The van der Waals surface area contributed by atoms with Crippen LogP contribution >= 0.6 is 0 Å². The van der Waals surface area contributed by atoms with Gasteiger partial charge in [-0.2, -0.15) is 0 Å². The van der Waals surface area contributed by atoms with Crippen LogP contribution in [0, 0.1) is 0 Å². The van der Waals surface area contributed by atoms with Gasteiger partial charge in [0.05, 0.1) is 0 Å². The summed E-state index contributed by atoms with van der Waals surface area (Å²) in [5.74, 6) is 0. The first-order valence-electron chi connectivity index (χ1n) is 39.0. The molecule has 0 saturated heterocycles. The molecule has 0 aliphatic heterocycles. The molecule has 0 fully saturated rings. The van der Waals surface area contributed by atoms with E-state index in [0.717, 1.165) is 19.3 Å². The van der Waals surface area contributed by atoms with Gasteiger partial charge in [0.25, 0.3) is 0 Å². The van der Waals surface area contributed by atoms with Gasteiger partial charge in [-0.15, -0.1) is 0 Å². The van der Waals surface area contributed by atoms with Crippen molar-refractivity contribution in [2.75, 3.05) is 0 Å². The Hall–Kier alpha value is -14.0. The van der Waals surface area contributed by atoms with Crippen molar-refractivity contribution >= 4 is 97.0 Å². The van der Waals surface area contributed by atoms with Gasteiger partial charge in [0, 0.05) is 0 Å². The lowest BCUT2D eigenvalue weighted by molar-refractivity contribution is 1.26. The van der Waals surface area contributed by atoms with Gasteiger partial charge in [0.1, 0.15) is 0 Å². The van der Waals surface area contributed by atoms with E-state index in [1.807, 2.05) is 0 Å². The van der Waals surface area contributed by atoms with Gasteiger partial charge in [-0.25, -0.2) is 0 Å². The highest BCUT2D eigenvalue weighted by Gasteiger charge is 2.27. The third kappa shape index (κ3) is 14.0. The van der Waals surface area contributed by atoms with Crippen molar-refractivity contribution in [3.63, 3.8) is 0 Å². The van der Waals surface area contributed by atoms with Gasteiger partial charge >= 0.3 is 0 Å². The molecule has 3 aliphatic rings. The van der Waals surface area contributed by atoms with E-state index in [-0.39, 0.29) is 66.8 Å². The predicted molar refractivity (Wildman–Crippen MR) is 535 cm³/mol. The molecule has 0 heterocycles. The van der Waals surface area contributed by atoms with Crippen molar-refractivity contribution in [2.24, 2.45) is 0 Å². The van der Waals surface area contributed by atoms with Crippen LogP contribution in [0.5, 0.6) is 0 Å².